The van der Waals surface area contributed by atoms with Crippen LogP contribution in [0.5, 0.6) is 0 Å². The van der Waals surface area contributed by atoms with Crippen LogP contribution in [0.4, 0.5) is 0 Å². The van der Waals surface area contributed by atoms with E-state index in [0.717, 1.165) is 24.3 Å². The molecule has 1 aliphatic rings. The fourth-order valence-electron chi connectivity index (χ4n) is 2.92. The second-order valence-electron chi connectivity index (χ2n) is 5.59. The number of nitrogens with zero attached hydrogens (tertiary/aromatic N) is 2. The number of amides is 1. The molecule has 2 rings (SSSR count). The van der Waals surface area contributed by atoms with Crippen molar-refractivity contribution in [3.05, 3.63) is 20.7 Å². The topological polar surface area (TPSA) is 42.3 Å². The number of aryl methyl sites for hydroxylation is 1. The van der Waals surface area contributed by atoms with Crippen LogP contribution in [0.1, 0.15) is 38.3 Å². The molecule has 1 aromatic rings. The van der Waals surface area contributed by atoms with Crippen LogP contribution in [0.25, 0.3) is 0 Å². The predicted octanol–water partition coefficient (Wildman–Crippen LogP) is 2.74. The Morgan fingerprint density at radius 3 is 2.90 bits per heavy atom. The van der Waals surface area contributed by atoms with E-state index in [0.29, 0.717) is 24.3 Å². The second kappa shape index (κ2) is 7.49. The van der Waals surface area contributed by atoms with Crippen molar-refractivity contribution < 1.29 is 4.79 Å². The first-order valence-electron chi connectivity index (χ1n) is 7.55. The summed E-state index contributed by atoms with van der Waals surface area (Å²) in [5, 5.41) is 2.55. The lowest BCUT2D eigenvalue weighted by Gasteiger charge is -2.25. The van der Waals surface area contributed by atoms with Gasteiger partial charge in [0.2, 0.25) is 5.91 Å². The van der Waals surface area contributed by atoms with Gasteiger partial charge in [-0.2, -0.15) is 11.8 Å². The van der Waals surface area contributed by atoms with Gasteiger partial charge in [-0.15, -0.1) is 0 Å². The highest BCUT2D eigenvalue weighted by Gasteiger charge is 2.29. The second-order valence-corrected chi connectivity index (χ2v) is 7.99. The Kier molecular flexibility index (Phi) is 5.93. The van der Waals surface area contributed by atoms with Gasteiger partial charge in [-0.3, -0.25) is 9.59 Å². The molecule has 0 spiro atoms. The SMILES string of the molecule is CCS[C@H]1CC[C@H](N(C)C(=O)CCn2c(C)csc2=O)C1. The van der Waals surface area contributed by atoms with Gasteiger partial charge in [0.25, 0.3) is 0 Å². The van der Waals surface area contributed by atoms with Gasteiger partial charge in [0, 0.05) is 42.4 Å². The molecule has 0 saturated heterocycles. The molecule has 0 unspecified atom stereocenters. The van der Waals surface area contributed by atoms with Gasteiger partial charge in [0.05, 0.1) is 0 Å². The summed E-state index contributed by atoms with van der Waals surface area (Å²) < 4.78 is 1.70. The minimum Gasteiger partial charge on any atom is -0.343 e. The van der Waals surface area contributed by atoms with Crippen LogP contribution in [-0.2, 0) is 11.3 Å². The third-order valence-electron chi connectivity index (χ3n) is 4.23. The number of thiazole rings is 1. The molecule has 1 aliphatic carbocycles. The minimum atomic E-state index is 0.0308. The summed E-state index contributed by atoms with van der Waals surface area (Å²) >= 11 is 3.21. The zero-order valence-corrected chi connectivity index (χ0v) is 14.6. The molecular weight excluding hydrogens is 304 g/mol. The number of hydrogen-bond donors (Lipinski definition) is 0. The molecule has 6 heteroatoms. The number of carbonyl (C=O) groups excluding carboxylic acids is 1. The van der Waals surface area contributed by atoms with E-state index in [-0.39, 0.29) is 10.8 Å². The lowest BCUT2D eigenvalue weighted by atomic mass is 10.2. The first-order chi connectivity index (χ1) is 10.0. The highest BCUT2D eigenvalue weighted by molar-refractivity contribution is 7.99. The summed E-state index contributed by atoms with van der Waals surface area (Å²) in [5.74, 6) is 1.30. The average Bonchev–Trinajstić information content (AvgIpc) is 3.04. The molecule has 0 radical (unpaired) electrons. The summed E-state index contributed by atoms with van der Waals surface area (Å²) in [6.07, 6.45) is 3.84. The highest BCUT2D eigenvalue weighted by Crippen LogP contribution is 2.32. The van der Waals surface area contributed by atoms with E-state index in [9.17, 15) is 9.59 Å². The molecule has 0 bridgehead atoms. The molecule has 2 atom stereocenters. The van der Waals surface area contributed by atoms with E-state index in [4.69, 9.17) is 0 Å². The Labute approximate surface area is 134 Å². The van der Waals surface area contributed by atoms with Crippen molar-refractivity contribution in [2.45, 2.75) is 57.4 Å². The van der Waals surface area contributed by atoms with Gasteiger partial charge in [0.1, 0.15) is 0 Å². The van der Waals surface area contributed by atoms with E-state index < -0.39 is 0 Å². The van der Waals surface area contributed by atoms with Crippen LogP contribution < -0.4 is 4.87 Å². The van der Waals surface area contributed by atoms with Gasteiger partial charge >= 0.3 is 4.87 Å². The van der Waals surface area contributed by atoms with Crippen molar-refractivity contribution in [3.8, 4) is 0 Å². The van der Waals surface area contributed by atoms with E-state index in [1.807, 2.05) is 36.0 Å². The van der Waals surface area contributed by atoms with Crippen LogP contribution in [0, 0.1) is 6.92 Å². The van der Waals surface area contributed by atoms with Crippen LogP contribution in [0.15, 0.2) is 10.2 Å². The molecule has 118 valence electrons. The summed E-state index contributed by atoms with van der Waals surface area (Å²) in [5.41, 5.74) is 0.945. The molecule has 1 aromatic heterocycles. The number of thioether (sulfide) groups is 1. The quantitative estimate of drug-likeness (QED) is 0.806. The molecule has 4 nitrogen and oxygen atoms in total. The maximum absolute atomic E-state index is 12.3. The Balaban J connectivity index is 1.85. The van der Waals surface area contributed by atoms with Crippen molar-refractivity contribution in [2.24, 2.45) is 0 Å². The zero-order chi connectivity index (χ0) is 15.4. The minimum absolute atomic E-state index is 0.0308. The van der Waals surface area contributed by atoms with Gasteiger partial charge in [0.15, 0.2) is 0 Å². The van der Waals surface area contributed by atoms with Gasteiger partial charge < -0.3 is 9.47 Å². The summed E-state index contributed by atoms with van der Waals surface area (Å²) in [7, 11) is 1.91. The van der Waals surface area contributed by atoms with Crippen molar-refractivity contribution in [1.82, 2.24) is 9.47 Å². The lowest BCUT2D eigenvalue weighted by Crippen LogP contribution is -2.36. The Morgan fingerprint density at radius 1 is 1.52 bits per heavy atom. The van der Waals surface area contributed by atoms with Crippen molar-refractivity contribution in [3.63, 3.8) is 0 Å². The Bertz CT molecular complexity index is 538. The average molecular weight is 329 g/mol. The summed E-state index contributed by atoms with van der Waals surface area (Å²) in [4.78, 5) is 25.9. The number of carbonyl (C=O) groups is 1. The lowest BCUT2D eigenvalue weighted by molar-refractivity contribution is -0.132. The summed E-state index contributed by atoms with van der Waals surface area (Å²) in [6.45, 7) is 4.60. The molecule has 1 heterocycles. The zero-order valence-electron chi connectivity index (χ0n) is 13.0. The predicted molar refractivity (Wildman–Crippen MR) is 90.3 cm³/mol. The molecular formula is C15H24N2O2S2. The normalized spacial score (nSPS) is 21.7. The summed E-state index contributed by atoms with van der Waals surface area (Å²) in [6, 6.07) is 0.377. The van der Waals surface area contributed by atoms with Crippen LogP contribution in [0.2, 0.25) is 0 Å². The van der Waals surface area contributed by atoms with Crippen LogP contribution in [0.3, 0.4) is 0 Å². The monoisotopic (exact) mass is 328 g/mol. The van der Waals surface area contributed by atoms with Crippen LogP contribution in [-0.4, -0.2) is 39.5 Å². The highest BCUT2D eigenvalue weighted by atomic mass is 32.2. The fourth-order valence-corrected chi connectivity index (χ4v) is 4.81. The third kappa shape index (κ3) is 4.13. The number of rotatable bonds is 6. The third-order valence-corrected chi connectivity index (χ3v) is 6.34. The Morgan fingerprint density at radius 2 is 2.29 bits per heavy atom. The largest absolute Gasteiger partial charge is 0.343 e. The maximum Gasteiger partial charge on any atom is 0.307 e. The molecule has 0 aliphatic heterocycles. The molecule has 0 N–H and O–H groups in total. The number of hydrogen-bond acceptors (Lipinski definition) is 4. The van der Waals surface area contributed by atoms with E-state index >= 15 is 0 Å². The molecule has 1 saturated carbocycles. The van der Waals surface area contributed by atoms with Crippen molar-refractivity contribution in [2.75, 3.05) is 12.8 Å². The maximum atomic E-state index is 12.3. The van der Waals surface area contributed by atoms with E-state index in [1.54, 1.807) is 4.57 Å². The smallest absolute Gasteiger partial charge is 0.307 e. The Hall–Kier alpha value is -0.750. The van der Waals surface area contributed by atoms with Gasteiger partial charge in [-0.25, -0.2) is 0 Å². The van der Waals surface area contributed by atoms with Gasteiger partial charge in [-0.05, 0) is 31.9 Å². The van der Waals surface area contributed by atoms with E-state index in [1.165, 1.54) is 17.8 Å². The first kappa shape index (κ1) is 16.6. The molecule has 1 amide bonds. The van der Waals surface area contributed by atoms with Crippen LogP contribution >= 0.6 is 23.1 Å². The van der Waals surface area contributed by atoms with Crippen molar-refractivity contribution in [1.29, 1.82) is 0 Å². The van der Waals surface area contributed by atoms with E-state index in [2.05, 4.69) is 6.92 Å². The standard InChI is InChI=1S/C15H24N2O2S2/c1-4-20-13-6-5-12(9-13)16(3)14(18)7-8-17-11(2)10-21-15(17)19/h10,12-13H,4-9H2,1-3H3/t12-,13-/m0/s1. The fraction of sp³-hybridized carbons (Fsp3) is 0.733. The number of aromatic nitrogens is 1. The van der Waals surface area contributed by atoms with Crippen molar-refractivity contribution >= 4 is 29.0 Å². The molecule has 21 heavy (non-hydrogen) atoms. The molecule has 1 fully saturated rings. The molecule has 0 aromatic carbocycles. The first-order valence-corrected chi connectivity index (χ1v) is 9.48. The van der Waals surface area contributed by atoms with Gasteiger partial charge in [-0.1, -0.05) is 18.3 Å².